The summed E-state index contributed by atoms with van der Waals surface area (Å²) in [6, 6.07) is 0. The van der Waals surface area contributed by atoms with Crippen molar-refractivity contribution in [2.75, 3.05) is 6.61 Å². The molecule has 136 valence electrons. The second-order valence-electron chi connectivity index (χ2n) is 6.15. The Morgan fingerprint density at radius 3 is 1.14 bits per heavy atom. The monoisotopic (exact) mass is 406 g/mol. The van der Waals surface area contributed by atoms with Gasteiger partial charge in [-0.3, -0.25) is 0 Å². The summed E-state index contributed by atoms with van der Waals surface area (Å²) in [6.07, 6.45) is 18.6. The second-order valence-corrected chi connectivity index (χ2v) is 6.15. The molecule has 0 spiro atoms. The van der Waals surface area contributed by atoms with Crippen LogP contribution < -0.4 is 5.11 Å². The van der Waals surface area contributed by atoms with E-state index < -0.39 is 5.97 Å². The summed E-state index contributed by atoms with van der Waals surface area (Å²) in [5.74, 6) is -0.914. The van der Waals surface area contributed by atoms with Crippen molar-refractivity contribution in [3.63, 3.8) is 0 Å². The first-order valence-electron chi connectivity index (χ1n) is 9.08. The molecule has 3 nitrogen and oxygen atoms in total. The zero-order valence-electron chi connectivity index (χ0n) is 14.1. The summed E-state index contributed by atoms with van der Waals surface area (Å²) >= 11 is 0. The topological polar surface area (TPSA) is 60.4 Å². The van der Waals surface area contributed by atoms with Crippen molar-refractivity contribution >= 4 is 5.97 Å². The third kappa shape index (κ3) is 22.5. The first kappa shape index (κ1) is 24.4. The van der Waals surface area contributed by atoms with Crippen LogP contribution in [0.5, 0.6) is 0 Å². The second kappa shape index (κ2) is 21.2. The molecule has 0 heterocycles. The van der Waals surface area contributed by atoms with Gasteiger partial charge in [0.15, 0.2) is 0 Å². The third-order valence-corrected chi connectivity index (χ3v) is 4.04. The third-order valence-electron chi connectivity index (χ3n) is 4.04. The van der Waals surface area contributed by atoms with E-state index in [0.29, 0.717) is 6.61 Å². The van der Waals surface area contributed by atoms with Crippen LogP contribution in [0.15, 0.2) is 0 Å². The van der Waals surface area contributed by atoms with E-state index in [1.165, 1.54) is 77.0 Å². The fourth-order valence-corrected chi connectivity index (χ4v) is 2.68. The standard InChI is InChI=1S/C18H36O3.Ag/c19-17-15-13-11-9-7-5-3-1-2-4-6-8-10-12-14-16-18(20)21;/h19H,1-17H2,(H,20,21);/q;+1/p-1. The molecule has 0 fully saturated rings. The van der Waals surface area contributed by atoms with E-state index in [9.17, 15) is 9.90 Å². The predicted molar refractivity (Wildman–Crippen MR) is 86.0 cm³/mol. The van der Waals surface area contributed by atoms with Crippen LogP contribution in [-0.2, 0) is 27.2 Å². The number of aliphatic hydroxyl groups excluding tert-OH is 1. The van der Waals surface area contributed by atoms with Gasteiger partial charge in [0.2, 0.25) is 0 Å². The molecule has 0 saturated heterocycles. The molecule has 0 amide bonds. The number of hydrogen-bond acceptors (Lipinski definition) is 3. The Bertz CT molecular complexity index is 222. The van der Waals surface area contributed by atoms with Crippen LogP contribution in [0.3, 0.4) is 0 Å². The minimum absolute atomic E-state index is 0. The van der Waals surface area contributed by atoms with Crippen molar-refractivity contribution in [1.82, 2.24) is 0 Å². The van der Waals surface area contributed by atoms with Crippen molar-refractivity contribution in [1.29, 1.82) is 0 Å². The number of rotatable bonds is 17. The van der Waals surface area contributed by atoms with Crippen molar-refractivity contribution in [3.05, 3.63) is 0 Å². The summed E-state index contributed by atoms with van der Waals surface area (Å²) in [4.78, 5) is 10.2. The average molecular weight is 407 g/mol. The first-order valence-corrected chi connectivity index (χ1v) is 9.08. The number of aliphatic hydroxyl groups is 1. The van der Waals surface area contributed by atoms with E-state index in [1.54, 1.807) is 0 Å². The maximum absolute atomic E-state index is 10.2. The van der Waals surface area contributed by atoms with E-state index in [2.05, 4.69) is 0 Å². The zero-order chi connectivity index (χ0) is 15.6. The molecule has 1 N–H and O–H groups in total. The van der Waals surface area contributed by atoms with Crippen LogP contribution in [0.4, 0.5) is 0 Å². The summed E-state index contributed by atoms with van der Waals surface area (Å²) in [6.45, 7) is 0.344. The minimum atomic E-state index is -0.914. The molecular formula is C18H35AgO3. The van der Waals surface area contributed by atoms with Crippen molar-refractivity contribution in [2.24, 2.45) is 0 Å². The summed E-state index contributed by atoms with van der Waals surface area (Å²) < 4.78 is 0. The van der Waals surface area contributed by atoms with Crippen LogP contribution in [-0.4, -0.2) is 17.7 Å². The van der Waals surface area contributed by atoms with Gasteiger partial charge in [0, 0.05) is 12.6 Å². The van der Waals surface area contributed by atoms with Gasteiger partial charge >= 0.3 is 22.4 Å². The van der Waals surface area contributed by atoms with Gasteiger partial charge < -0.3 is 15.0 Å². The zero-order valence-corrected chi connectivity index (χ0v) is 15.6. The largest absolute Gasteiger partial charge is 1.00 e. The molecule has 22 heavy (non-hydrogen) atoms. The maximum atomic E-state index is 10.2. The predicted octanol–water partition coefficient (Wildman–Crippen LogP) is 3.97. The van der Waals surface area contributed by atoms with Crippen LogP contribution in [0.2, 0.25) is 0 Å². The molecule has 0 aromatic rings. The van der Waals surface area contributed by atoms with Gasteiger partial charge in [0.1, 0.15) is 0 Å². The van der Waals surface area contributed by atoms with Crippen molar-refractivity contribution in [2.45, 2.75) is 103 Å². The average Bonchev–Trinajstić information content (AvgIpc) is 2.46. The fraction of sp³-hybridized carbons (Fsp3) is 0.944. The SMILES string of the molecule is O=C([O-])CCCCCCCCCCCCCCCCCO.[Ag+]. The van der Waals surface area contributed by atoms with Gasteiger partial charge in [-0.15, -0.1) is 0 Å². The molecule has 4 heteroatoms. The molecule has 0 aliphatic carbocycles. The Morgan fingerprint density at radius 1 is 0.591 bits per heavy atom. The molecule has 0 aromatic heterocycles. The number of carbonyl (C=O) groups excluding carboxylic acids is 1. The molecule has 0 radical (unpaired) electrons. The van der Waals surface area contributed by atoms with Gasteiger partial charge in [-0.25, -0.2) is 0 Å². The van der Waals surface area contributed by atoms with Crippen LogP contribution in [0.1, 0.15) is 103 Å². The molecule has 0 bridgehead atoms. The number of aliphatic carboxylic acids is 1. The molecule has 0 atom stereocenters. The van der Waals surface area contributed by atoms with Gasteiger partial charge in [-0.05, 0) is 19.3 Å². The van der Waals surface area contributed by atoms with Crippen molar-refractivity contribution < 1.29 is 37.4 Å². The Morgan fingerprint density at radius 2 is 0.864 bits per heavy atom. The molecule has 0 aliphatic heterocycles. The molecule has 0 aliphatic rings. The number of carboxylic acid groups (broad SMARTS) is 1. The van der Waals surface area contributed by atoms with Crippen LogP contribution in [0.25, 0.3) is 0 Å². The summed E-state index contributed by atoms with van der Waals surface area (Å²) in [5, 5.41) is 18.9. The number of carbonyl (C=O) groups is 1. The van der Waals surface area contributed by atoms with E-state index >= 15 is 0 Å². The van der Waals surface area contributed by atoms with E-state index in [-0.39, 0.29) is 28.8 Å². The Kier molecular flexibility index (Phi) is 23.5. The van der Waals surface area contributed by atoms with Crippen molar-refractivity contribution in [3.8, 4) is 0 Å². The van der Waals surface area contributed by atoms with E-state index in [4.69, 9.17) is 5.11 Å². The first-order chi connectivity index (χ1) is 10.3. The number of hydrogen-bond donors (Lipinski definition) is 1. The van der Waals surface area contributed by atoms with Gasteiger partial charge in [-0.2, -0.15) is 0 Å². The van der Waals surface area contributed by atoms with Crippen LogP contribution in [0, 0.1) is 0 Å². The normalized spacial score (nSPS) is 10.4. The number of unbranched alkanes of at least 4 members (excludes halogenated alkanes) is 14. The molecule has 0 aromatic carbocycles. The maximum Gasteiger partial charge on any atom is 1.00 e. The fourth-order valence-electron chi connectivity index (χ4n) is 2.68. The Balaban J connectivity index is 0. The molecule has 0 rings (SSSR count). The van der Waals surface area contributed by atoms with Gasteiger partial charge in [-0.1, -0.05) is 83.5 Å². The molecule has 0 unspecified atom stereocenters. The van der Waals surface area contributed by atoms with E-state index in [0.717, 1.165) is 19.3 Å². The van der Waals surface area contributed by atoms with Crippen LogP contribution >= 0.6 is 0 Å². The Hall–Kier alpha value is 0.170. The smallest absolute Gasteiger partial charge is 0.550 e. The van der Waals surface area contributed by atoms with Gasteiger partial charge in [0.25, 0.3) is 0 Å². The molecule has 0 saturated carbocycles. The quantitative estimate of drug-likeness (QED) is 0.293. The van der Waals surface area contributed by atoms with Gasteiger partial charge in [0.05, 0.1) is 0 Å². The van der Waals surface area contributed by atoms with E-state index in [1.807, 2.05) is 0 Å². The minimum Gasteiger partial charge on any atom is -0.550 e. The summed E-state index contributed by atoms with van der Waals surface area (Å²) in [7, 11) is 0. The summed E-state index contributed by atoms with van der Waals surface area (Å²) in [5.41, 5.74) is 0. The molecular weight excluding hydrogens is 372 g/mol. The number of carboxylic acids is 1. The Labute approximate surface area is 152 Å².